The number of hydrogen-bond acceptors (Lipinski definition) is 11. The number of cyclic esters (lactones) is 1. The molecule has 3 amide bonds. The van der Waals surface area contributed by atoms with Gasteiger partial charge in [0, 0.05) is 37.5 Å². The van der Waals surface area contributed by atoms with Crippen molar-refractivity contribution in [3.8, 4) is 0 Å². The van der Waals surface area contributed by atoms with Gasteiger partial charge in [0.1, 0.15) is 30.0 Å². The molecule has 14 heteroatoms. The highest BCUT2D eigenvalue weighted by atomic mass is 16.6. The number of ketones is 1. The Morgan fingerprint density at radius 1 is 1.23 bits per heavy atom. The fourth-order valence-corrected chi connectivity index (χ4v) is 5.43. The van der Waals surface area contributed by atoms with Crippen LogP contribution in [0.5, 0.6) is 0 Å². The molecule has 1 saturated heterocycles. The van der Waals surface area contributed by atoms with Gasteiger partial charge in [-0.25, -0.2) is 19.6 Å². The minimum absolute atomic E-state index is 0.0187. The van der Waals surface area contributed by atoms with Gasteiger partial charge in [0.15, 0.2) is 5.69 Å². The van der Waals surface area contributed by atoms with Crippen LogP contribution in [0.15, 0.2) is 71.0 Å². The van der Waals surface area contributed by atoms with Crippen molar-refractivity contribution in [3.05, 3.63) is 78.2 Å². The Morgan fingerprint density at radius 2 is 2.04 bits per heavy atom. The molecule has 1 fully saturated rings. The van der Waals surface area contributed by atoms with Crippen LogP contribution in [0.2, 0.25) is 0 Å². The molecule has 48 heavy (non-hydrogen) atoms. The Bertz CT molecular complexity index is 1550. The van der Waals surface area contributed by atoms with Crippen molar-refractivity contribution in [1.29, 1.82) is 0 Å². The summed E-state index contributed by atoms with van der Waals surface area (Å²) in [5.74, 6) is -2.63. The van der Waals surface area contributed by atoms with Crippen molar-refractivity contribution in [2.75, 3.05) is 25.0 Å². The van der Waals surface area contributed by atoms with E-state index in [1.165, 1.54) is 23.2 Å². The first-order valence-corrected chi connectivity index (χ1v) is 15.8. The standard InChI is InChI=1S/C34H41N5O9/c1-21-8-6-14-36-29(42)12-11-22(2)31(23(3)19-47-34(45)38-28-10-4-5-13-35-28)48-33(44)27-9-7-15-39(27)32(43)26-20-46-30(37-26)18-25(41)17-24(40)16-21/h4-6,8,10-13,16,20,22-24,27,31,40H,7,9,14-15,17-19H2,1-3H3,(H,36,42)(H,35,38,45)/b8-6+,12-11+,21-16+. The lowest BCUT2D eigenvalue weighted by atomic mass is 9.93. The Labute approximate surface area is 278 Å². The van der Waals surface area contributed by atoms with Crippen molar-refractivity contribution in [3.63, 3.8) is 0 Å². The Kier molecular flexibility index (Phi) is 12.8. The zero-order valence-electron chi connectivity index (χ0n) is 27.2. The van der Waals surface area contributed by atoms with Gasteiger partial charge in [-0.15, -0.1) is 0 Å². The third kappa shape index (κ3) is 10.5. The number of anilines is 1. The first-order valence-electron chi connectivity index (χ1n) is 15.8. The second kappa shape index (κ2) is 17.2. The van der Waals surface area contributed by atoms with Crippen molar-refractivity contribution >= 4 is 35.5 Å². The summed E-state index contributed by atoms with van der Waals surface area (Å²) in [5.41, 5.74) is 0.628. The number of carbonyl (C=O) groups is 5. The number of ether oxygens (including phenoxy) is 2. The fraction of sp³-hybridized carbons (Fsp3) is 0.441. The number of aliphatic hydroxyl groups excluding tert-OH is 1. The average Bonchev–Trinajstić information content (AvgIpc) is 3.73. The van der Waals surface area contributed by atoms with Gasteiger partial charge in [-0.3, -0.25) is 19.7 Å². The molecule has 5 atom stereocenters. The molecule has 2 aliphatic rings. The van der Waals surface area contributed by atoms with Crippen molar-refractivity contribution in [1.82, 2.24) is 20.2 Å². The molecule has 2 aliphatic heterocycles. The molecule has 2 aromatic rings. The predicted octanol–water partition coefficient (Wildman–Crippen LogP) is 3.16. The van der Waals surface area contributed by atoms with Crippen molar-refractivity contribution in [2.24, 2.45) is 11.8 Å². The van der Waals surface area contributed by atoms with E-state index in [0.29, 0.717) is 24.2 Å². The molecule has 0 radical (unpaired) electrons. The minimum atomic E-state index is -1.05. The average molecular weight is 664 g/mol. The highest BCUT2D eigenvalue weighted by Crippen LogP contribution is 2.26. The largest absolute Gasteiger partial charge is 0.460 e. The second-order valence-electron chi connectivity index (χ2n) is 11.9. The van der Waals surface area contributed by atoms with Crippen molar-refractivity contribution < 1.29 is 43.0 Å². The van der Waals surface area contributed by atoms with E-state index in [-0.39, 0.29) is 55.8 Å². The predicted molar refractivity (Wildman–Crippen MR) is 172 cm³/mol. The third-order valence-corrected chi connectivity index (χ3v) is 7.83. The molecular weight excluding hydrogens is 622 g/mol. The number of aromatic nitrogens is 2. The van der Waals surface area contributed by atoms with E-state index in [1.54, 1.807) is 57.2 Å². The van der Waals surface area contributed by atoms with Gasteiger partial charge in [0.25, 0.3) is 5.91 Å². The molecule has 2 aromatic heterocycles. The van der Waals surface area contributed by atoms with Crippen LogP contribution >= 0.6 is 0 Å². The first-order chi connectivity index (χ1) is 23.0. The smallest absolute Gasteiger partial charge is 0.412 e. The molecule has 14 nitrogen and oxygen atoms in total. The lowest BCUT2D eigenvalue weighted by molar-refractivity contribution is -0.159. The van der Waals surface area contributed by atoms with Gasteiger partial charge in [-0.05, 0) is 38.0 Å². The van der Waals surface area contributed by atoms with Gasteiger partial charge >= 0.3 is 12.1 Å². The number of nitrogens with one attached hydrogen (secondary N) is 2. The summed E-state index contributed by atoms with van der Waals surface area (Å²) in [4.78, 5) is 74.2. The number of nitrogens with zero attached hydrogens (tertiary/aromatic N) is 3. The molecule has 0 aromatic carbocycles. The second-order valence-corrected chi connectivity index (χ2v) is 11.9. The zero-order valence-corrected chi connectivity index (χ0v) is 27.2. The third-order valence-electron chi connectivity index (χ3n) is 7.83. The topological polar surface area (TPSA) is 190 Å². The number of aliphatic hydroxyl groups is 1. The number of fused-ring (bicyclic) bond motifs is 3. The van der Waals surface area contributed by atoms with E-state index < -0.39 is 48.1 Å². The number of rotatable bonds is 4. The molecule has 0 saturated carbocycles. The summed E-state index contributed by atoms with van der Waals surface area (Å²) in [6.07, 6.45) is 8.38. The normalized spacial score (nSPS) is 26.2. The number of allylic oxidation sites excluding steroid dienone is 2. The minimum Gasteiger partial charge on any atom is -0.460 e. The van der Waals surface area contributed by atoms with E-state index >= 15 is 0 Å². The van der Waals surface area contributed by atoms with Crippen LogP contribution in [0.3, 0.4) is 0 Å². The van der Waals surface area contributed by atoms with Crippen LogP contribution in [-0.4, -0.2) is 87.6 Å². The van der Waals surface area contributed by atoms with Gasteiger partial charge in [0.05, 0.1) is 19.1 Å². The van der Waals surface area contributed by atoms with Crippen LogP contribution in [-0.2, 0) is 30.3 Å². The monoisotopic (exact) mass is 663 g/mol. The van der Waals surface area contributed by atoms with Crippen LogP contribution in [0.1, 0.15) is 56.4 Å². The summed E-state index contributed by atoms with van der Waals surface area (Å²) in [5, 5.41) is 15.6. The molecule has 3 N–H and O–H groups in total. The summed E-state index contributed by atoms with van der Waals surface area (Å²) in [7, 11) is 0. The number of hydrogen-bond donors (Lipinski definition) is 3. The lowest BCUT2D eigenvalue weighted by Gasteiger charge is -2.30. The van der Waals surface area contributed by atoms with E-state index in [2.05, 4.69) is 20.6 Å². The summed E-state index contributed by atoms with van der Waals surface area (Å²) in [6.45, 7) is 5.61. The SMILES string of the molecule is CC1=C\C(O)CC(=O)Cc2nc(co2)C(=O)N2CCCC2C(=O)OC(C(C)COC(=O)Nc2ccccn2)C(C)/C=C/C(=O)NC\C=C\1. The van der Waals surface area contributed by atoms with Gasteiger partial charge in [0.2, 0.25) is 11.8 Å². The number of pyridine rings is 1. The Morgan fingerprint density at radius 3 is 2.81 bits per heavy atom. The van der Waals surface area contributed by atoms with Gasteiger partial charge in [-0.1, -0.05) is 49.8 Å². The number of Topliss-reactive ketones (excluding diaryl/α,β-unsaturated/α-hetero) is 1. The molecule has 5 unspecified atom stereocenters. The number of carbonyl (C=O) groups excluding carboxylic acids is 5. The fourth-order valence-electron chi connectivity index (χ4n) is 5.43. The van der Waals surface area contributed by atoms with E-state index in [1.807, 2.05) is 0 Å². The molecule has 4 rings (SSSR count). The summed E-state index contributed by atoms with van der Waals surface area (Å²) < 4.78 is 16.8. The zero-order chi connectivity index (χ0) is 34.6. The van der Waals surface area contributed by atoms with Crippen LogP contribution in [0.25, 0.3) is 0 Å². The lowest BCUT2D eigenvalue weighted by Crippen LogP contribution is -2.44. The quantitative estimate of drug-likeness (QED) is 0.408. The summed E-state index contributed by atoms with van der Waals surface area (Å²) in [6, 6.07) is 4.11. The molecule has 256 valence electrons. The van der Waals surface area contributed by atoms with E-state index in [0.717, 1.165) is 6.26 Å². The van der Waals surface area contributed by atoms with Crippen molar-refractivity contribution in [2.45, 2.75) is 64.7 Å². The van der Waals surface area contributed by atoms with E-state index in [4.69, 9.17) is 13.9 Å². The number of oxazole rings is 1. The number of esters is 1. The Hall–Kier alpha value is -5.11. The molecule has 2 bridgehead atoms. The van der Waals surface area contributed by atoms with Crippen LogP contribution in [0, 0.1) is 11.8 Å². The molecule has 4 heterocycles. The van der Waals surface area contributed by atoms with Gasteiger partial charge in [-0.2, -0.15) is 0 Å². The van der Waals surface area contributed by atoms with E-state index in [9.17, 15) is 29.1 Å². The molecule has 0 spiro atoms. The maximum Gasteiger partial charge on any atom is 0.412 e. The number of amides is 3. The maximum atomic E-state index is 13.6. The summed E-state index contributed by atoms with van der Waals surface area (Å²) >= 11 is 0. The Balaban J connectivity index is 1.54. The highest BCUT2D eigenvalue weighted by Gasteiger charge is 2.39. The molecule has 0 aliphatic carbocycles. The van der Waals surface area contributed by atoms with Crippen LogP contribution in [0.4, 0.5) is 10.6 Å². The first kappa shape index (κ1) is 35.7. The van der Waals surface area contributed by atoms with Crippen LogP contribution < -0.4 is 10.6 Å². The maximum absolute atomic E-state index is 13.6. The molecular formula is C34H41N5O9. The van der Waals surface area contributed by atoms with Gasteiger partial charge < -0.3 is 29.2 Å². The highest BCUT2D eigenvalue weighted by molar-refractivity contribution is 5.95.